The van der Waals surface area contributed by atoms with E-state index < -0.39 is 23.6 Å². The summed E-state index contributed by atoms with van der Waals surface area (Å²) in [7, 11) is 1.58. The first-order valence-corrected chi connectivity index (χ1v) is 5.50. The van der Waals surface area contributed by atoms with E-state index in [0.29, 0.717) is 12.0 Å². The minimum Gasteiger partial charge on any atom is -0.480 e. The first-order valence-electron chi connectivity index (χ1n) is 5.50. The number of carboxylic acids is 1. The summed E-state index contributed by atoms with van der Waals surface area (Å²) in [6, 6.07) is 5.72. The van der Waals surface area contributed by atoms with Crippen LogP contribution >= 0.6 is 0 Å². The van der Waals surface area contributed by atoms with Crippen molar-refractivity contribution in [3.05, 3.63) is 35.4 Å². The Morgan fingerprint density at radius 1 is 1.22 bits per heavy atom. The molecule has 1 aromatic carbocycles. The van der Waals surface area contributed by atoms with Gasteiger partial charge in [-0.2, -0.15) is 0 Å². The van der Waals surface area contributed by atoms with Gasteiger partial charge in [0.25, 0.3) is 0 Å². The standard InChI is InChI=1S/C13H15NO4/c1-8(15)12(16)10-5-3-9(4-6-10)7-11(14-2)13(17)18/h3-6,11,14H,7H2,1-2H3,(H,17,18). The Morgan fingerprint density at radius 3 is 2.17 bits per heavy atom. The normalized spacial score (nSPS) is 11.9. The van der Waals surface area contributed by atoms with Crippen LogP contribution in [0.1, 0.15) is 22.8 Å². The van der Waals surface area contributed by atoms with E-state index in [9.17, 15) is 14.4 Å². The van der Waals surface area contributed by atoms with Crippen LogP contribution in [0.5, 0.6) is 0 Å². The van der Waals surface area contributed by atoms with Gasteiger partial charge in [0.05, 0.1) is 0 Å². The van der Waals surface area contributed by atoms with E-state index in [1.54, 1.807) is 19.2 Å². The van der Waals surface area contributed by atoms with Gasteiger partial charge in [-0.15, -0.1) is 0 Å². The van der Waals surface area contributed by atoms with Crippen molar-refractivity contribution < 1.29 is 19.5 Å². The number of likely N-dealkylation sites (N-methyl/N-ethyl adjacent to an activating group) is 1. The van der Waals surface area contributed by atoms with Crippen molar-refractivity contribution in [2.24, 2.45) is 0 Å². The highest BCUT2D eigenvalue weighted by atomic mass is 16.4. The molecule has 1 rings (SSSR count). The van der Waals surface area contributed by atoms with Gasteiger partial charge in [0.2, 0.25) is 5.78 Å². The van der Waals surface area contributed by atoms with E-state index in [-0.39, 0.29) is 0 Å². The summed E-state index contributed by atoms with van der Waals surface area (Å²) in [5, 5.41) is 11.6. The fraction of sp³-hybridized carbons (Fsp3) is 0.308. The molecule has 0 saturated carbocycles. The van der Waals surface area contributed by atoms with Gasteiger partial charge >= 0.3 is 5.97 Å². The lowest BCUT2D eigenvalue weighted by molar-refractivity contribution is -0.139. The summed E-state index contributed by atoms with van der Waals surface area (Å²) in [6.07, 6.45) is 0.320. The number of carboxylic acid groups (broad SMARTS) is 1. The van der Waals surface area contributed by atoms with E-state index in [4.69, 9.17) is 5.11 Å². The first kappa shape index (κ1) is 14.1. The summed E-state index contributed by atoms with van der Waals surface area (Å²) >= 11 is 0. The minimum absolute atomic E-state index is 0.320. The molecule has 0 bridgehead atoms. The van der Waals surface area contributed by atoms with Gasteiger partial charge in [-0.25, -0.2) is 0 Å². The average Bonchev–Trinajstić information content (AvgIpc) is 2.35. The van der Waals surface area contributed by atoms with Crippen LogP contribution in [0.2, 0.25) is 0 Å². The van der Waals surface area contributed by atoms with Crippen molar-refractivity contribution in [1.82, 2.24) is 5.32 Å². The molecule has 1 unspecified atom stereocenters. The zero-order valence-electron chi connectivity index (χ0n) is 10.3. The fourth-order valence-electron chi connectivity index (χ4n) is 1.54. The number of hydrogen-bond donors (Lipinski definition) is 2. The monoisotopic (exact) mass is 249 g/mol. The zero-order chi connectivity index (χ0) is 13.7. The topological polar surface area (TPSA) is 83.5 Å². The van der Waals surface area contributed by atoms with Gasteiger partial charge in [-0.05, 0) is 19.0 Å². The molecule has 96 valence electrons. The third kappa shape index (κ3) is 3.49. The van der Waals surface area contributed by atoms with Crippen LogP contribution in [0.3, 0.4) is 0 Å². The highest BCUT2D eigenvalue weighted by molar-refractivity contribution is 6.42. The molecule has 0 aliphatic heterocycles. The summed E-state index contributed by atoms with van der Waals surface area (Å²) in [5.74, 6) is -1.98. The maximum Gasteiger partial charge on any atom is 0.321 e. The predicted molar refractivity (Wildman–Crippen MR) is 65.6 cm³/mol. The predicted octanol–water partition coefficient (Wildman–Crippen LogP) is 0.673. The molecule has 0 aliphatic carbocycles. The molecule has 5 nitrogen and oxygen atoms in total. The molecule has 1 atom stereocenters. The van der Waals surface area contributed by atoms with Gasteiger partial charge in [0.1, 0.15) is 6.04 Å². The number of hydrogen-bond acceptors (Lipinski definition) is 4. The molecule has 0 spiro atoms. The molecular weight excluding hydrogens is 234 g/mol. The number of aliphatic carboxylic acids is 1. The van der Waals surface area contributed by atoms with Crippen LogP contribution in [-0.4, -0.2) is 35.7 Å². The summed E-state index contributed by atoms with van der Waals surface area (Å²) in [5.41, 5.74) is 1.11. The molecule has 5 heteroatoms. The third-order valence-electron chi connectivity index (χ3n) is 2.62. The molecule has 0 aromatic heterocycles. The molecular formula is C13H15NO4. The number of carbonyl (C=O) groups is 3. The van der Waals surface area contributed by atoms with Gasteiger partial charge < -0.3 is 10.4 Å². The molecule has 1 aromatic rings. The van der Waals surface area contributed by atoms with Crippen molar-refractivity contribution >= 4 is 17.5 Å². The Hall–Kier alpha value is -2.01. The Balaban J connectivity index is 2.80. The van der Waals surface area contributed by atoms with Crippen molar-refractivity contribution in [2.75, 3.05) is 7.05 Å². The van der Waals surface area contributed by atoms with Gasteiger partial charge in [0, 0.05) is 12.5 Å². The Bertz CT molecular complexity index is 464. The second-order valence-corrected chi connectivity index (χ2v) is 3.97. The number of benzene rings is 1. The lowest BCUT2D eigenvalue weighted by atomic mass is 10.0. The SMILES string of the molecule is CNC(Cc1ccc(C(=O)C(C)=O)cc1)C(=O)O. The van der Waals surface area contributed by atoms with Gasteiger partial charge in [-0.3, -0.25) is 14.4 Å². The Morgan fingerprint density at radius 2 is 1.78 bits per heavy atom. The van der Waals surface area contributed by atoms with E-state index in [1.165, 1.54) is 19.1 Å². The molecule has 0 radical (unpaired) electrons. The molecule has 18 heavy (non-hydrogen) atoms. The van der Waals surface area contributed by atoms with Crippen LogP contribution < -0.4 is 5.32 Å². The summed E-state index contributed by atoms with van der Waals surface area (Å²) in [4.78, 5) is 33.1. The highest BCUT2D eigenvalue weighted by Crippen LogP contribution is 2.08. The van der Waals surface area contributed by atoms with Crippen molar-refractivity contribution in [1.29, 1.82) is 0 Å². The zero-order valence-corrected chi connectivity index (χ0v) is 10.3. The van der Waals surface area contributed by atoms with Crippen LogP contribution in [0.15, 0.2) is 24.3 Å². The number of rotatable bonds is 6. The van der Waals surface area contributed by atoms with Crippen LogP contribution in [0, 0.1) is 0 Å². The molecule has 0 heterocycles. The molecule has 0 fully saturated rings. The number of Topliss-reactive ketones (excluding diaryl/α,β-unsaturated/α-hetero) is 2. The highest BCUT2D eigenvalue weighted by Gasteiger charge is 2.16. The maximum absolute atomic E-state index is 11.4. The Kier molecular flexibility index (Phi) is 4.74. The van der Waals surface area contributed by atoms with Gasteiger partial charge in [0.15, 0.2) is 5.78 Å². The first-order chi connectivity index (χ1) is 8.45. The molecule has 0 amide bonds. The van der Waals surface area contributed by atoms with E-state index >= 15 is 0 Å². The fourth-order valence-corrected chi connectivity index (χ4v) is 1.54. The van der Waals surface area contributed by atoms with Crippen LogP contribution in [0.4, 0.5) is 0 Å². The summed E-state index contributed by atoms with van der Waals surface area (Å²) < 4.78 is 0. The molecule has 0 saturated heterocycles. The molecule has 2 N–H and O–H groups in total. The van der Waals surface area contributed by atoms with Crippen molar-refractivity contribution in [3.8, 4) is 0 Å². The largest absolute Gasteiger partial charge is 0.480 e. The lowest BCUT2D eigenvalue weighted by Crippen LogP contribution is -2.35. The number of carbonyl (C=O) groups excluding carboxylic acids is 2. The minimum atomic E-state index is -0.929. The summed E-state index contributed by atoms with van der Waals surface area (Å²) in [6.45, 7) is 1.22. The van der Waals surface area contributed by atoms with E-state index in [1.807, 2.05) is 0 Å². The molecule has 0 aliphatic rings. The van der Waals surface area contributed by atoms with Crippen LogP contribution in [-0.2, 0) is 16.0 Å². The number of nitrogens with one attached hydrogen (secondary N) is 1. The van der Waals surface area contributed by atoms with Gasteiger partial charge in [-0.1, -0.05) is 24.3 Å². The second-order valence-electron chi connectivity index (χ2n) is 3.97. The average molecular weight is 249 g/mol. The third-order valence-corrected chi connectivity index (χ3v) is 2.62. The van der Waals surface area contributed by atoms with Crippen molar-refractivity contribution in [3.63, 3.8) is 0 Å². The lowest BCUT2D eigenvalue weighted by Gasteiger charge is -2.11. The number of ketones is 2. The van der Waals surface area contributed by atoms with E-state index in [0.717, 1.165) is 5.56 Å². The maximum atomic E-state index is 11.4. The quantitative estimate of drug-likeness (QED) is 0.572. The van der Waals surface area contributed by atoms with Crippen molar-refractivity contribution in [2.45, 2.75) is 19.4 Å². The smallest absolute Gasteiger partial charge is 0.321 e. The Labute approximate surface area is 105 Å². The van der Waals surface area contributed by atoms with E-state index in [2.05, 4.69) is 5.32 Å². The van der Waals surface area contributed by atoms with Crippen LogP contribution in [0.25, 0.3) is 0 Å². The second kappa shape index (κ2) is 6.07.